The Morgan fingerprint density at radius 2 is 1.64 bits per heavy atom. The Balaban J connectivity index is 1.99. The molecule has 0 unspecified atom stereocenters. The van der Waals surface area contributed by atoms with Crippen molar-refractivity contribution in [3.05, 3.63) is 59.5 Å². The Morgan fingerprint density at radius 3 is 2.14 bits per heavy atom. The summed E-state index contributed by atoms with van der Waals surface area (Å²) in [5, 5.41) is 2.09. The lowest BCUT2D eigenvalue weighted by molar-refractivity contribution is -0.162. The minimum absolute atomic E-state index is 0.117. The van der Waals surface area contributed by atoms with Crippen molar-refractivity contribution < 1.29 is 40.3 Å². The van der Waals surface area contributed by atoms with Gasteiger partial charge >= 0.3 is 12.4 Å². The van der Waals surface area contributed by atoms with E-state index in [0.29, 0.717) is 17.0 Å². The highest BCUT2D eigenvalue weighted by atomic mass is 19.4. The number of amides is 2. The minimum Gasteiger partial charge on any atom is -0.467 e. The second-order valence-electron chi connectivity index (χ2n) is 5.70. The van der Waals surface area contributed by atoms with Crippen LogP contribution in [0.3, 0.4) is 0 Å². The van der Waals surface area contributed by atoms with E-state index >= 15 is 0 Å². The Hall–Kier alpha value is -2.98. The van der Waals surface area contributed by atoms with E-state index in [0.717, 1.165) is 12.1 Å². The fraction of sp³-hybridized carbons (Fsp3) is 0.294. The number of hydrogen-bond acceptors (Lipinski definition) is 3. The monoisotopic (exact) mass is 408 g/mol. The number of nitrogens with zero attached hydrogens (tertiary/aromatic N) is 1. The molecule has 0 spiro atoms. The zero-order chi connectivity index (χ0) is 20.9. The Labute approximate surface area is 154 Å². The average molecular weight is 408 g/mol. The molecule has 28 heavy (non-hydrogen) atoms. The summed E-state index contributed by atoms with van der Waals surface area (Å²) in [6, 6.07) is 6.00. The molecule has 11 heteroatoms. The van der Waals surface area contributed by atoms with Gasteiger partial charge in [0.05, 0.1) is 24.9 Å². The van der Waals surface area contributed by atoms with Crippen molar-refractivity contribution in [2.45, 2.75) is 18.9 Å². The average Bonchev–Trinajstić information content (AvgIpc) is 3.10. The molecule has 0 atom stereocenters. The minimum atomic E-state index is -4.67. The third-order valence-electron chi connectivity index (χ3n) is 3.52. The maximum Gasteiger partial charge on any atom is 0.416 e. The van der Waals surface area contributed by atoms with Crippen LogP contribution in [-0.2, 0) is 17.5 Å². The predicted octanol–water partition coefficient (Wildman–Crippen LogP) is 3.62. The summed E-state index contributed by atoms with van der Waals surface area (Å²) in [7, 11) is 0. The van der Waals surface area contributed by atoms with E-state index in [1.807, 2.05) is 0 Å². The largest absolute Gasteiger partial charge is 0.467 e. The Morgan fingerprint density at radius 1 is 1.00 bits per heavy atom. The normalized spacial score (nSPS) is 11.9. The molecule has 0 bridgehead atoms. The molecular formula is C17H14F6N2O3. The van der Waals surface area contributed by atoms with Gasteiger partial charge in [-0.25, -0.2) is 0 Å². The van der Waals surface area contributed by atoms with E-state index in [1.54, 1.807) is 0 Å². The number of hydrogen-bond donors (Lipinski definition) is 1. The highest BCUT2D eigenvalue weighted by Crippen LogP contribution is 2.29. The summed E-state index contributed by atoms with van der Waals surface area (Å²) in [5.74, 6) is -1.81. The van der Waals surface area contributed by atoms with Crippen LogP contribution in [0.25, 0.3) is 0 Å². The molecule has 2 rings (SSSR count). The first-order chi connectivity index (χ1) is 13.0. The molecule has 0 fully saturated rings. The van der Waals surface area contributed by atoms with Crippen molar-refractivity contribution >= 4 is 11.8 Å². The fourth-order valence-electron chi connectivity index (χ4n) is 2.22. The van der Waals surface area contributed by atoms with Gasteiger partial charge in [0.25, 0.3) is 5.91 Å². The molecule has 1 N–H and O–H groups in total. The van der Waals surface area contributed by atoms with Gasteiger partial charge in [-0.2, -0.15) is 26.3 Å². The number of carbonyl (C=O) groups is 2. The molecule has 0 saturated heterocycles. The van der Waals surface area contributed by atoms with Crippen molar-refractivity contribution in [3.63, 3.8) is 0 Å². The molecule has 0 aliphatic rings. The van der Waals surface area contributed by atoms with E-state index in [9.17, 15) is 35.9 Å². The number of rotatable bonds is 6. The molecule has 0 saturated carbocycles. The van der Waals surface area contributed by atoms with E-state index in [2.05, 4.69) is 5.32 Å². The second kappa shape index (κ2) is 8.36. The van der Waals surface area contributed by atoms with Crippen LogP contribution in [0.1, 0.15) is 21.7 Å². The maximum absolute atomic E-state index is 12.7. The number of furan rings is 1. The highest BCUT2D eigenvalue weighted by molar-refractivity contribution is 5.96. The van der Waals surface area contributed by atoms with Crippen molar-refractivity contribution in [3.8, 4) is 0 Å². The van der Waals surface area contributed by atoms with Crippen molar-refractivity contribution in [2.24, 2.45) is 0 Å². The number of carbonyl (C=O) groups excluding carboxylic acids is 2. The topological polar surface area (TPSA) is 62.6 Å². The first-order valence-corrected chi connectivity index (χ1v) is 7.78. The van der Waals surface area contributed by atoms with Crippen LogP contribution < -0.4 is 5.32 Å². The van der Waals surface area contributed by atoms with E-state index in [1.165, 1.54) is 18.4 Å². The first-order valence-electron chi connectivity index (χ1n) is 7.78. The summed E-state index contributed by atoms with van der Waals surface area (Å²) in [6.45, 7) is -2.78. The number of halogens is 6. The van der Waals surface area contributed by atoms with Crippen LogP contribution >= 0.6 is 0 Å². The SMILES string of the molecule is O=C(NCC(=O)N(Cc1ccco1)CC(F)(F)F)c1ccc(C(F)(F)F)cc1. The van der Waals surface area contributed by atoms with Crippen LogP contribution in [0.4, 0.5) is 26.3 Å². The third kappa shape index (κ3) is 6.32. The smallest absolute Gasteiger partial charge is 0.416 e. The lowest BCUT2D eigenvalue weighted by Crippen LogP contribution is -2.44. The standard InChI is InChI=1S/C17H14F6N2O3/c18-16(19,20)10-25(9-13-2-1-7-28-13)14(26)8-24-15(27)11-3-5-12(6-4-11)17(21,22)23/h1-7H,8-10H2,(H,24,27). The third-order valence-corrected chi connectivity index (χ3v) is 3.52. The first kappa shape index (κ1) is 21.3. The van der Waals surface area contributed by atoms with Crippen LogP contribution in [0, 0.1) is 0 Å². The second-order valence-corrected chi connectivity index (χ2v) is 5.70. The molecule has 5 nitrogen and oxygen atoms in total. The Kier molecular flexibility index (Phi) is 6.37. The summed E-state index contributed by atoms with van der Waals surface area (Å²) in [6.07, 6.45) is -8.01. The highest BCUT2D eigenvalue weighted by Gasteiger charge is 2.33. The number of nitrogens with one attached hydrogen (secondary N) is 1. The lowest BCUT2D eigenvalue weighted by Gasteiger charge is -2.23. The number of alkyl halides is 6. The lowest BCUT2D eigenvalue weighted by atomic mass is 10.1. The van der Waals surface area contributed by atoms with Crippen molar-refractivity contribution in [2.75, 3.05) is 13.1 Å². The van der Waals surface area contributed by atoms with Gasteiger partial charge in [0.2, 0.25) is 5.91 Å². The molecular weight excluding hydrogens is 394 g/mol. The van der Waals surface area contributed by atoms with Crippen LogP contribution in [-0.4, -0.2) is 36.0 Å². The van der Waals surface area contributed by atoms with Crippen molar-refractivity contribution in [1.82, 2.24) is 10.2 Å². The molecule has 2 amide bonds. The Bertz CT molecular complexity index is 798. The molecule has 0 aliphatic heterocycles. The molecule has 1 aromatic heterocycles. The van der Waals surface area contributed by atoms with Gasteiger partial charge in [0.1, 0.15) is 12.3 Å². The van der Waals surface area contributed by atoms with E-state index in [4.69, 9.17) is 4.42 Å². The van der Waals surface area contributed by atoms with Gasteiger partial charge in [-0.05, 0) is 36.4 Å². The maximum atomic E-state index is 12.7. The van der Waals surface area contributed by atoms with Crippen LogP contribution in [0.5, 0.6) is 0 Å². The summed E-state index contributed by atoms with van der Waals surface area (Å²) >= 11 is 0. The fourth-order valence-corrected chi connectivity index (χ4v) is 2.22. The molecule has 0 radical (unpaired) electrons. The van der Waals surface area contributed by atoms with Crippen molar-refractivity contribution in [1.29, 1.82) is 0 Å². The number of benzene rings is 1. The van der Waals surface area contributed by atoms with Gasteiger partial charge in [0, 0.05) is 5.56 Å². The summed E-state index contributed by atoms with van der Waals surface area (Å²) < 4.78 is 80.5. The zero-order valence-corrected chi connectivity index (χ0v) is 14.1. The van der Waals surface area contributed by atoms with Gasteiger partial charge in [-0.1, -0.05) is 0 Å². The zero-order valence-electron chi connectivity index (χ0n) is 14.1. The van der Waals surface area contributed by atoms with Crippen LogP contribution in [0.2, 0.25) is 0 Å². The molecule has 2 aromatic rings. The van der Waals surface area contributed by atoms with E-state index in [-0.39, 0.29) is 11.3 Å². The van der Waals surface area contributed by atoms with Gasteiger partial charge in [-0.15, -0.1) is 0 Å². The molecule has 152 valence electrons. The molecule has 1 heterocycles. The quantitative estimate of drug-likeness (QED) is 0.743. The van der Waals surface area contributed by atoms with Crippen LogP contribution in [0.15, 0.2) is 47.1 Å². The van der Waals surface area contributed by atoms with Gasteiger partial charge in [-0.3, -0.25) is 9.59 Å². The van der Waals surface area contributed by atoms with Gasteiger partial charge in [0.15, 0.2) is 0 Å². The molecule has 1 aromatic carbocycles. The summed E-state index contributed by atoms with van der Waals surface area (Å²) in [5.41, 5.74) is -1.14. The van der Waals surface area contributed by atoms with E-state index < -0.39 is 49.4 Å². The summed E-state index contributed by atoms with van der Waals surface area (Å²) in [4.78, 5) is 24.5. The van der Waals surface area contributed by atoms with Gasteiger partial charge < -0.3 is 14.6 Å². The predicted molar refractivity (Wildman–Crippen MR) is 84.0 cm³/mol. The molecule has 0 aliphatic carbocycles.